The Morgan fingerprint density at radius 3 is 2.30 bits per heavy atom. The van der Waals surface area contributed by atoms with Crippen LogP contribution in [0.15, 0.2) is 83.8 Å². The zero-order valence-corrected chi connectivity index (χ0v) is 20.8. The molecule has 0 atom stereocenters. The third-order valence-corrected chi connectivity index (χ3v) is 8.06. The molecule has 0 aliphatic rings. The van der Waals surface area contributed by atoms with Gasteiger partial charge in [0.1, 0.15) is 6.54 Å². The number of sulfonamides is 1. The summed E-state index contributed by atoms with van der Waals surface area (Å²) < 4.78 is 27.8. The summed E-state index contributed by atoms with van der Waals surface area (Å²) in [6.07, 6.45) is 0.800. The molecule has 1 N–H and O–H groups in total. The molecule has 0 fully saturated rings. The molecule has 0 unspecified atom stereocenters. The molecule has 1 amide bonds. The standard InChI is InChI=1S/C25H27ClN2O3S2/c1-20-8-14-24(15-9-20)33(30,31)28(23-12-10-22(26)11-13-23)18-25(29)27-16-5-17-32-19-21-6-3-2-4-7-21/h2-4,6-15H,5,16-19H2,1H3,(H,27,29). The number of amides is 1. The van der Waals surface area contributed by atoms with E-state index in [1.165, 1.54) is 5.56 Å². The minimum absolute atomic E-state index is 0.133. The molecule has 3 aromatic rings. The highest BCUT2D eigenvalue weighted by molar-refractivity contribution is 7.98. The lowest BCUT2D eigenvalue weighted by Gasteiger charge is -2.24. The van der Waals surface area contributed by atoms with E-state index >= 15 is 0 Å². The number of nitrogens with one attached hydrogen (secondary N) is 1. The molecule has 3 aromatic carbocycles. The van der Waals surface area contributed by atoms with Gasteiger partial charge in [-0.2, -0.15) is 11.8 Å². The Bertz CT molecular complexity index is 1140. The van der Waals surface area contributed by atoms with Crippen molar-refractivity contribution in [3.63, 3.8) is 0 Å². The highest BCUT2D eigenvalue weighted by Gasteiger charge is 2.27. The van der Waals surface area contributed by atoms with Crippen molar-refractivity contribution >= 4 is 45.0 Å². The molecule has 0 saturated heterocycles. The third-order valence-electron chi connectivity index (χ3n) is 4.91. The maximum atomic E-state index is 13.3. The molecule has 3 rings (SSSR count). The lowest BCUT2D eigenvalue weighted by Crippen LogP contribution is -2.41. The second-order valence-corrected chi connectivity index (χ2v) is 10.9. The SMILES string of the molecule is Cc1ccc(S(=O)(=O)N(CC(=O)NCCCSCc2ccccc2)c2ccc(Cl)cc2)cc1. The number of benzene rings is 3. The maximum absolute atomic E-state index is 13.3. The Kier molecular flexibility index (Phi) is 9.23. The van der Waals surface area contributed by atoms with Crippen LogP contribution in [0.3, 0.4) is 0 Å². The first-order valence-electron chi connectivity index (χ1n) is 10.6. The van der Waals surface area contributed by atoms with Gasteiger partial charge in [0.25, 0.3) is 10.0 Å². The van der Waals surface area contributed by atoms with Crippen LogP contribution in [0.4, 0.5) is 5.69 Å². The second-order valence-electron chi connectivity index (χ2n) is 7.54. The largest absolute Gasteiger partial charge is 0.354 e. The van der Waals surface area contributed by atoms with Crippen molar-refractivity contribution in [2.24, 2.45) is 0 Å². The number of carbonyl (C=O) groups is 1. The average Bonchev–Trinajstić information content (AvgIpc) is 2.81. The Balaban J connectivity index is 1.59. The van der Waals surface area contributed by atoms with Crippen LogP contribution in [0, 0.1) is 6.92 Å². The minimum atomic E-state index is -3.92. The van der Waals surface area contributed by atoms with Crippen LogP contribution in [-0.2, 0) is 20.6 Å². The predicted molar refractivity (Wildman–Crippen MR) is 137 cm³/mol. The Hall–Kier alpha value is -2.48. The van der Waals surface area contributed by atoms with Gasteiger partial charge in [0.15, 0.2) is 0 Å². The number of carbonyl (C=O) groups excluding carboxylic acids is 1. The van der Waals surface area contributed by atoms with E-state index in [1.807, 2.05) is 25.1 Å². The molecule has 0 bridgehead atoms. The Morgan fingerprint density at radius 2 is 1.64 bits per heavy atom. The number of nitrogens with zero attached hydrogens (tertiary/aromatic N) is 1. The molecule has 5 nitrogen and oxygen atoms in total. The molecule has 0 aliphatic heterocycles. The van der Waals surface area contributed by atoms with Crippen molar-refractivity contribution in [1.29, 1.82) is 0 Å². The molecule has 0 aliphatic carbocycles. The topological polar surface area (TPSA) is 66.5 Å². The van der Waals surface area contributed by atoms with Crippen molar-refractivity contribution in [1.82, 2.24) is 5.32 Å². The fourth-order valence-corrected chi connectivity index (χ4v) is 5.58. The average molecular weight is 503 g/mol. The normalized spacial score (nSPS) is 11.2. The molecule has 0 saturated carbocycles. The van der Waals surface area contributed by atoms with Crippen molar-refractivity contribution in [3.8, 4) is 0 Å². The second kappa shape index (κ2) is 12.1. The molecule has 0 aromatic heterocycles. The molecule has 8 heteroatoms. The van der Waals surface area contributed by atoms with E-state index in [0.717, 1.165) is 27.8 Å². The summed E-state index contributed by atoms with van der Waals surface area (Å²) in [4.78, 5) is 12.8. The quantitative estimate of drug-likeness (QED) is 0.362. The summed E-state index contributed by atoms with van der Waals surface area (Å²) in [5.74, 6) is 1.47. The highest BCUT2D eigenvalue weighted by atomic mass is 35.5. The van der Waals surface area contributed by atoms with Gasteiger partial charge < -0.3 is 5.32 Å². The highest BCUT2D eigenvalue weighted by Crippen LogP contribution is 2.25. The summed E-state index contributed by atoms with van der Waals surface area (Å²) in [5, 5.41) is 3.33. The van der Waals surface area contributed by atoms with Crippen LogP contribution in [0.1, 0.15) is 17.5 Å². The summed E-state index contributed by atoms with van der Waals surface area (Å²) in [6, 6.07) is 23.2. The summed E-state index contributed by atoms with van der Waals surface area (Å²) in [6.45, 7) is 2.06. The molecule has 0 radical (unpaired) electrons. The number of aryl methyl sites for hydroxylation is 1. The van der Waals surface area contributed by atoms with Crippen molar-refractivity contribution in [3.05, 3.63) is 95.0 Å². The van der Waals surface area contributed by atoms with Gasteiger partial charge in [-0.3, -0.25) is 9.10 Å². The number of anilines is 1. The minimum Gasteiger partial charge on any atom is -0.354 e. The number of halogens is 1. The summed E-state index contributed by atoms with van der Waals surface area (Å²) >= 11 is 7.77. The predicted octanol–water partition coefficient (Wildman–Crippen LogP) is 5.28. The fraction of sp³-hybridized carbons (Fsp3) is 0.240. The van der Waals surface area contributed by atoms with Gasteiger partial charge in [-0.05, 0) is 61.1 Å². The molecule has 33 heavy (non-hydrogen) atoms. The van der Waals surface area contributed by atoms with Crippen LogP contribution in [0.2, 0.25) is 5.02 Å². The smallest absolute Gasteiger partial charge is 0.264 e. The first-order valence-corrected chi connectivity index (χ1v) is 13.6. The zero-order valence-electron chi connectivity index (χ0n) is 18.4. The molecule has 0 spiro atoms. The van der Waals surface area contributed by atoms with E-state index in [1.54, 1.807) is 60.3 Å². The monoisotopic (exact) mass is 502 g/mol. The zero-order chi connectivity index (χ0) is 23.7. The van der Waals surface area contributed by atoms with Crippen LogP contribution in [-0.4, -0.2) is 33.2 Å². The van der Waals surface area contributed by atoms with E-state index in [4.69, 9.17) is 11.6 Å². The van der Waals surface area contributed by atoms with Gasteiger partial charge >= 0.3 is 0 Å². The van der Waals surface area contributed by atoms with Crippen LogP contribution in [0.25, 0.3) is 0 Å². The third kappa shape index (κ3) is 7.52. The lowest BCUT2D eigenvalue weighted by atomic mass is 10.2. The summed E-state index contributed by atoms with van der Waals surface area (Å²) in [7, 11) is -3.92. The summed E-state index contributed by atoms with van der Waals surface area (Å²) in [5.41, 5.74) is 2.61. The first kappa shape index (κ1) is 25.1. The van der Waals surface area contributed by atoms with Gasteiger partial charge in [0, 0.05) is 17.3 Å². The number of hydrogen-bond acceptors (Lipinski definition) is 4. The maximum Gasteiger partial charge on any atom is 0.264 e. The van der Waals surface area contributed by atoms with Crippen LogP contribution in [0.5, 0.6) is 0 Å². The number of thioether (sulfide) groups is 1. The van der Waals surface area contributed by atoms with E-state index in [9.17, 15) is 13.2 Å². The number of rotatable bonds is 11. The van der Waals surface area contributed by atoms with Gasteiger partial charge in [-0.25, -0.2) is 8.42 Å². The van der Waals surface area contributed by atoms with Gasteiger partial charge in [-0.1, -0.05) is 59.6 Å². The first-order chi connectivity index (χ1) is 15.9. The Morgan fingerprint density at radius 1 is 0.970 bits per heavy atom. The van der Waals surface area contributed by atoms with Crippen LogP contribution >= 0.6 is 23.4 Å². The van der Waals surface area contributed by atoms with E-state index in [-0.39, 0.29) is 17.3 Å². The van der Waals surface area contributed by atoms with E-state index < -0.39 is 10.0 Å². The lowest BCUT2D eigenvalue weighted by molar-refractivity contribution is -0.119. The fourth-order valence-electron chi connectivity index (χ4n) is 3.11. The van der Waals surface area contributed by atoms with E-state index in [0.29, 0.717) is 17.3 Å². The molecular formula is C25H27ClN2O3S2. The molecule has 174 valence electrons. The van der Waals surface area contributed by atoms with Gasteiger partial charge in [0.2, 0.25) is 5.91 Å². The van der Waals surface area contributed by atoms with Crippen molar-refractivity contribution in [2.45, 2.75) is 24.0 Å². The van der Waals surface area contributed by atoms with Crippen molar-refractivity contribution in [2.75, 3.05) is 23.1 Å². The van der Waals surface area contributed by atoms with Crippen molar-refractivity contribution < 1.29 is 13.2 Å². The van der Waals surface area contributed by atoms with Gasteiger partial charge in [-0.15, -0.1) is 0 Å². The Labute approximate surface area is 205 Å². The molecule has 0 heterocycles. The van der Waals surface area contributed by atoms with E-state index in [2.05, 4.69) is 17.4 Å². The molecular weight excluding hydrogens is 476 g/mol. The van der Waals surface area contributed by atoms with Gasteiger partial charge in [0.05, 0.1) is 10.6 Å². The van der Waals surface area contributed by atoms with Crippen LogP contribution < -0.4 is 9.62 Å². The number of hydrogen-bond donors (Lipinski definition) is 1.